The van der Waals surface area contributed by atoms with E-state index in [2.05, 4.69) is 5.32 Å². The molecule has 6 heteroatoms. The smallest absolute Gasteiger partial charge is 0.255 e. The van der Waals surface area contributed by atoms with E-state index in [1.165, 1.54) is 12.1 Å². The number of aliphatic hydroxyl groups is 1. The zero-order valence-corrected chi connectivity index (χ0v) is 12.3. The highest BCUT2D eigenvalue weighted by molar-refractivity contribution is 6.33. The fourth-order valence-electron chi connectivity index (χ4n) is 1.80. The summed E-state index contributed by atoms with van der Waals surface area (Å²) in [6.45, 7) is -0.0644. The van der Waals surface area contributed by atoms with Crippen LogP contribution in [0.4, 0.5) is 4.39 Å². The molecule has 2 N–H and O–H groups in total. The van der Waals surface area contributed by atoms with Crippen molar-refractivity contribution < 1.29 is 14.3 Å². The maximum absolute atomic E-state index is 13.6. The molecule has 0 aliphatic carbocycles. The first-order chi connectivity index (χ1) is 9.99. The molecule has 1 unspecified atom stereocenters. The van der Waals surface area contributed by atoms with Crippen molar-refractivity contribution >= 4 is 29.1 Å². The molecule has 0 aliphatic rings. The van der Waals surface area contributed by atoms with Crippen LogP contribution >= 0.6 is 23.2 Å². The SMILES string of the molecule is O=C(NCC(O)c1ccc(Cl)cc1)c1c(F)cccc1Cl. The lowest BCUT2D eigenvalue weighted by molar-refractivity contribution is 0.0912. The van der Waals surface area contributed by atoms with Gasteiger partial charge >= 0.3 is 0 Å². The Bertz CT molecular complexity index is 626. The maximum atomic E-state index is 13.6. The molecule has 2 rings (SSSR count). The van der Waals surface area contributed by atoms with Gasteiger partial charge in [0, 0.05) is 11.6 Å². The lowest BCUT2D eigenvalue weighted by Gasteiger charge is -2.13. The van der Waals surface area contributed by atoms with Gasteiger partial charge in [-0.3, -0.25) is 4.79 Å². The minimum atomic E-state index is -0.920. The highest BCUT2D eigenvalue weighted by atomic mass is 35.5. The monoisotopic (exact) mass is 327 g/mol. The number of benzene rings is 2. The predicted octanol–water partition coefficient (Wildman–Crippen LogP) is 3.60. The molecule has 3 nitrogen and oxygen atoms in total. The summed E-state index contributed by atoms with van der Waals surface area (Å²) in [5.41, 5.74) is 0.363. The summed E-state index contributed by atoms with van der Waals surface area (Å²) >= 11 is 11.5. The van der Waals surface area contributed by atoms with E-state index in [-0.39, 0.29) is 17.1 Å². The van der Waals surface area contributed by atoms with E-state index in [1.807, 2.05) is 0 Å². The molecule has 0 saturated carbocycles. The molecule has 1 amide bonds. The van der Waals surface area contributed by atoms with Crippen molar-refractivity contribution in [2.24, 2.45) is 0 Å². The van der Waals surface area contributed by atoms with Crippen molar-refractivity contribution in [3.05, 3.63) is 69.5 Å². The van der Waals surface area contributed by atoms with Crippen LogP contribution in [0.3, 0.4) is 0 Å². The zero-order chi connectivity index (χ0) is 15.4. The summed E-state index contributed by atoms with van der Waals surface area (Å²) in [5.74, 6) is -1.38. The summed E-state index contributed by atoms with van der Waals surface area (Å²) in [5, 5.41) is 13.0. The minimum absolute atomic E-state index is 0.0217. The van der Waals surface area contributed by atoms with E-state index in [9.17, 15) is 14.3 Å². The van der Waals surface area contributed by atoms with Gasteiger partial charge in [0.15, 0.2) is 0 Å². The van der Waals surface area contributed by atoms with Crippen LogP contribution in [0, 0.1) is 5.82 Å². The lowest BCUT2D eigenvalue weighted by atomic mass is 10.1. The molecule has 2 aromatic rings. The quantitative estimate of drug-likeness (QED) is 0.901. The second-order valence-electron chi connectivity index (χ2n) is 4.37. The van der Waals surface area contributed by atoms with Gasteiger partial charge in [-0.15, -0.1) is 0 Å². The number of hydrogen-bond donors (Lipinski definition) is 2. The summed E-state index contributed by atoms with van der Waals surface area (Å²) in [6.07, 6.45) is -0.920. The van der Waals surface area contributed by atoms with Crippen molar-refractivity contribution in [1.29, 1.82) is 0 Å². The van der Waals surface area contributed by atoms with Crippen LogP contribution in [0.25, 0.3) is 0 Å². The molecule has 0 fully saturated rings. The average Bonchev–Trinajstić information content (AvgIpc) is 2.45. The summed E-state index contributed by atoms with van der Waals surface area (Å²) in [7, 11) is 0. The van der Waals surface area contributed by atoms with E-state index < -0.39 is 17.8 Å². The van der Waals surface area contributed by atoms with E-state index in [4.69, 9.17) is 23.2 Å². The number of carbonyl (C=O) groups excluding carboxylic acids is 1. The molecular weight excluding hydrogens is 316 g/mol. The second-order valence-corrected chi connectivity index (χ2v) is 5.22. The van der Waals surface area contributed by atoms with Crippen LogP contribution in [0.5, 0.6) is 0 Å². The number of carbonyl (C=O) groups is 1. The van der Waals surface area contributed by atoms with Gasteiger partial charge in [-0.25, -0.2) is 4.39 Å². The summed E-state index contributed by atoms with van der Waals surface area (Å²) in [4.78, 5) is 11.9. The van der Waals surface area contributed by atoms with E-state index in [0.29, 0.717) is 10.6 Å². The third-order valence-corrected chi connectivity index (χ3v) is 3.47. The molecule has 110 valence electrons. The fraction of sp³-hybridized carbons (Fsp3) is 0.133. The predicted molar refractivity (Wildman–Crippen MR) is 80.2 cm³/mol. The van der Waals surface area contributed by atoms with Crippen LogP contribution in [-0.2, 0) is 0 Å². The number of nitrogens with one attached hydrogen (secondary N) is 1. The minimum Gasteiger partial charge on any atom is -0.387 e. The Morgan fingerprint density at radius 3 is 2.48 bits per heavy atom. The van der Waals surface area contributed by atoms with Gasteiger partial charge in [0.2, 0.25) is 0 Å². The first-order valence-corrected chi connectivity index (χ1v) is 6.90. The van der Waals surface area contributed by atoms with Gasteiger partial charge in [-0.2, -0.15) is 0 Å². The van der Waals surface area contributed by atoms with Crippen molar-refractivity contribution in [3.8, 4) is 0 Å². The van der Waals surface area contributed by atoms with Gasteiger partial charge in [-0.05, 0) is 29.8 Å². The van der Waals surface area contributed by atoms with Gasteiger partial charge in [0.1, 0.15) is 5.82 Å². The first-order valence-electron chi connectivity index (χ1n) is 6.15. The van der Waals surface area contributed by atoms with E-state index in [0.717, 1.165) is 6.07 Å². The Kier molecular flexibility index (Phi) is 5.17. The molecule has 0 bridgehead atoms. The number of aliphatic hydroxyl groups excluding tert-OH is 1. The second kappa shape index (κ2) is 6.89. The van der Waals surface area contributed by atoms with Crippen LogP contribution in [0.1, 0.15) is 22.0 Å². The average molecular weight is 328 g/mol. The summed E-state index contributed by atoms with van der Waals surface area (Å²) < 4.78 is 13.6. The molecule has 0 heterocycles. The molecule has 0 aromatic heterocycles. The van der Waals surface area contributed by atoms with E-state index in [1.54, 1.807) is 24.3 Å². The van der Waals surface area contributed by atoms with Gasteiger partial charge in [-0.1, -0.05) is 41.4 Å². The van der Waals surface area contributed by atoms with Crippen molar-refractivity contribution in [1.82, 2.24) is 5.32 Å². The summed E-state index contributed by atoms with van der Waals surface area (Å²) in [6, 6.07) is 10.6. The van der Waals surface area contributed by atoms with Gasteiger partial charge in [0.25, 0.3) is 5.91 Å². The van der Waals surface area contributed by atoms with Crippen molar-refractivity contribution in [3.63, 3.8) is 0 Å². The number of rotatable bonds is 4. The highest BCUT2D eigenvalue weighted by Crippen LogP contribution is 2.19. The molecule has 21 heavy (non-hydrogen) atoms. The Morgan fingerprint density at radius 1 is 1.19 bits per heavy atom. The molecule has 0 spiro atoms. The number of amides is 1. The van der Waals surface area contributed by atoms with Crippen LogP contribution in [0.15, 0.2) is 42.5 Å². The Balaban J connectivity index is 2.02. The Labute approximate surface area is 131 Å². The van der Waals surface area contributed by atoms with Crippen LogP contribution < -0.4 is 5.32 Å². The number of hydrogen-bond acceptors (Lipinski definition) is 2. The molecule has 2 aromatic carbocycles. The van der Waals surface area contributed by atoms with E-state index >= 15 is 0 Å². The Morgan fingerprint density at radius 2 is 1.86 bits per heavy atom. The Hall–Kier alpha value is -1.62. The van der Waals surface area contributed by atoms with Crippen LogP contribution in [-0.4, -0.2) is 17.6 Å². The normalized spacial score (nSPS) is 12.0. The molecule has 0 aliphatic heterocycles. The third-order valence-electron chi connectivity index (χ3n) is 2.90. The maximum Gasteiger partial charge on any atom is 0.255 e. The van der Waals surface area contributed by atoms with Gasteiger partial charge < -0.3 is 10.4 Å². The first kappa shape index (κ1) is 15.8. The van der Waals surface area contributed by atoms with Crippen LogP contribution in [0.2, 0.25) is 10.0 Å². The highest BCUT2D eigenvalue weighted by Gasteiger charge is 2.17. The molecular formula is C15H12Cl2FNO2. The third kappa shape index (κ3) is 3.94. The standard InChI is InChI=1S/C15H12Cl2FNO2/c16-10-6-4-9(5-7-10)13(20)8-19-15(21)14-11(17)2-1-3-12(14)18/h1-7,13,20H,8H2,(H,19,21). The molecule has 0 radical (unpaired) electrons. The molecule has 1 atom stereocenters. The zero-order valence-electron chi connectivity index (χ0n) is 10.8. The largest absolute Gasteiger partial charge is 0.387 e. The lowest BCUT2D eigenvalue weighted by Crippen LogP contribution is -2.29. The van der Waals surface area contributed by atoms with Crippen molar-refractivity contribution in [2.45, 2.75) is 6.10 Å². The molecule has 0 saturated heterocycles. The number of halogens is 3. The topological polar surface area (TPSA) is 49.3 Å². The van der Waals surface area contributed by atoms with Crippen molar-refractivity contribution in [2.75, 3.05) is 6.54 Å². The fourth-order valence-corrected chi connectivity index (χ4v) is 2.17. The van der Waals surface area contributed by atoms with Gasteiger partial charge in [0.05, 0.1) is 16.7 Å².